The highest BCUT2D eigenvalue weighted by Crippen LogP contribution is 2.19. The van der Waals surface area contributed by atoms with E-state index in [-0.39, 0.29) is 5.78 Å². The Morgan fingerprint density at radius 1 is 0.571 bits per heavy atom. The van der Waals surface area contributed by atoms with Gasteiger partial charge in [-0.05, 0) is 47.2 Å². The van der Waals surface area contributed by atoms with Gasteiger partial charge in [-0.25, -0.2) is 0 Å². The maximum absolute atomic E-state index is 13.3. The SMILES string of the molecule is O=C(c1ncccc1Cc1ccccc1)c1ncccc1Cc1ccccc1. The smallest absolute Gasteiger partial charge is 0.230 e. The number of hydrogen-bond acceptors (Lipinski definition) is 3. The molecule has 0 radical (unpaired) electrons. The van der Waals surface area contributed by atoms with Crippen LogP contribution in [0.2, 0.25) is 0 Å². The third-order valence-electron chi connectivity index (χ3n) is 4.69. The lowest BCUT2D eigenvalue weighted by Crippen LogP contribution is -2.13. The summed E-state index contributed by atoms with van der Waals surface area (Å²) < 4.78 is 0. The number of hydrogen-bond donors (Lipinski definition) is 0. The second-order valence-electron chi connectivity index (χ2n) is 6.68. The zero-order chi connectivity index (χ0) is 19.2. The van der Waals surface area contributed by atoms with Crippen molar-refractivity contribution >= 4 is 5.78 Å². The van der Waals surface area contributed by atoms with E-state index in [1.807, 2.05) is 60.7 Å². The Bertz CT molecular complexity index is 989. The summed E-state index contributed by atoms with van der Waals surface area (Å²) in [4.78, 5) is 22.2. The lowest BCUT2D eigenvalue weighted by Gasteiger charge is -2.11. The van der Waals surface area contributed by atoms with Crippen LogP contribution in [0.5, 0.6) is 0 Å². The molecule has 0 aliphatic rings. The van der Waals surface area contributed by atoms with Gasteiger partial charge in [-0.1, -0.05) is 72.8 Å². The maximum Gasteiger partial charge on any atom is 0.230 e. The molecule has 3 heteroatoms. The number of carbonyl (C=O) groups excluding carboxylic acids is 1. The van der Waals surface area contributed by atoms with Crippen molar-refractivity contribution in [3.05, 3.63) is 131 Å². The molecule has 28 heavy (non-hydrogen) atoms. The molecule has 0 aliphatic carbocycles. The first-order valence-electron chi connectivity index (χ1n) is 9.31. The van der Waals surface area contributed by atoms with Gasteiger partial charge in [0.25, 0.3) is 0 Å². The van der Waals surface area contributed by atoms with Gasteiger partial charge in [-0.3, -0.25) is 14.8 Å². The van der Waals surface area contributed by atoms with Crippen molar-refractivity contribution in [2.45, 2.75) is 12.8 Å². The van der Waals surface area contributed by atoms with E-state index < -0.39 is 0 Å². The van der Waals surface area contributed by atoms with Crippen LogP contribution in [0.1, 0.15) is 38.4 Å². The van der Waals surface area contributed by atoms with Crippen LogP contribution < -0.4 is 0 Å². The predicted molar refractivity (Wildman–Crippen MR) is 110 cm³/mol. The molecule has 0 spiro atoms. The average molecular weight is 364 g/mol. The summed E-state index contributed by atoms with van der Waals surface area (Å²) >= 11 is 0. The van der Waals surface area contributed by atoms with Crippen LogP contribution in [0.3, 0.4) is 0 Å². The quantitative estimate of drug-likeness (QED) is 0.458. The van der Waals surface area contributed by atoms with E-state index in [1.165, 1.54) is 0 Å². The fraction of sp³-hybridized carbons (Fsp3) is 0.0800. The van der Waals surface area contributed by atoms with Crippen molar-refractivity contribution in [3.63, 3.8) is 0 Å². The van der Waals surface area contributed by atoms with Crippen LogP contribution in [-0.4, -0.2) is 15.8 Å². The molecule has 0 unspecified atom stereocenters. The Morgan fingerprint density at radius 2 is 1.00 bits per heavy atom. The van der Waals surface area contributed by atoms with Gasteiger partial charge in [-0.15, -0.1) is 0 Å². The third-order valence-corrected chi connectivity index (χ3v) is 4.69. The minimum atomic E-state index is -0.127. The number of carbonyl (C=O) groups is 1. The molecule has 136 valence electrons. The molecule has 2 heterocycles. The maximum atomic E-state index is 13.3. The summed E-state index contributed by atoms with van der Waals surface area (Å²) in [5.41, 5.74) is 5.06. The first-order valence-corrected chi connectivity index (χ1v) is 9.31. The number of benzene rings is 2. The van der Waals surface area contributed by atoms with E-state index in [2.05, 4.69) is 34.2 Å². The van der Waals surface area contributed by atoms with Crippen molar-refractivity contribution < 1.29 is 4.79 Å². The summed E-state index contributed by atoms with van der Waals surface area (Å²) in [6.45, 7) is 0. The highest BCUT2D eigenvalue weighted by atomic mass is 16.1. The van der Waals surface area contributed by atoms with Gasteiger partial charge in [0.05, 0.1) is 0 Å². The molecule has 2 aromatic heterocycles. The molecule has 0 N–H and O–H groups in total. The largest absolute Gasteiger partial charge is 0.285 e. The molecule has 2 aromatic carbocycles. The molecule has 0 saturated heterocycles. The molecule has 0 amide bonds. The molecule has 0 atom stereocenters. The summed E-state index contributed by atoms with van der Waals surface area (Å²) in [6.07, 6.45) is 4.66. The third kappa shape index (κ3) is 4.04. The Kier molecular flexibility index (Phi) is 5.34. The second kappa shape index (κ2) is 8.40. The first-order chi connectivity index (χ1) is 13.8. The van der Waals surface area contributed by atoms with Gasteiger partial charge in [-0.2, -0.15) is 0 Å². The first kappa shape index (κ1) is 17.8. The summed E-state index contributed by atoms with van der Waals surface area (Å²) in [5, 5.41) is 0. The molecule has 0 fully saturated rings. The van der Waals surface area contributed by atoms with Crippen LogP contribution in [0, 0.1) is 0 Å². The fourth-order valence-corrected chi connectivity index (χ4v) is 3.32. The summed E-state index contributed by atoms with van der Waals surface area (Å²) in [7, 11) is 0. The number of ketones is 1. The molecule has 0 bridgehead atoms. The Balaban J connectivity index is 1.67. The van der Waals surface area contributed by atoms with Crippen molar-refractivity contribution in [2.75, 3.05) is 0 Å². The van der Waals surface area contributed by atoms with Gasteiger partial charge >= 0.3 is 0 Å². The Hall–Kier alpha value is -3.59. The van der Waals surface area contributed by atoms with Crippen molar-refractivity contribution in [1.82, 2.24) is 9.97 Å². The Labute approximate surface area is 164 Å². The topological polar surface area (TPSA) is 42.9 Å². The number of nitrogens with zero attached hydrogens (tertiary/aromatic N) is 2. The molecular formula is C25H20N2O. The summed E-state index contributed by atoms with van der Waals surface area (Å²) in [5.74, 6) is -0.127. The standard InChI is InChI=1S/C25H20N2O/c28-25(23-21(13-7-15-26-23)17-19-9-3-1-4-10-19)24-22(14-8-16-27-24)18-20-11-5-2-6-12-20/h1-16H,17-18H2. The minimum absolute atomic E-state index is 0.127. The minimum Gasteiger partial charge on any atom is -0.285 e. The van der Waals surface area contributed by atoms with Crippen molar-refractivity contribution in [1.29, 1.82) is 0 Å². The van der Waals surface area contributed by atoms with Crippen LogP contribution in [0.15, 0.2) is 97.3 Å². The number of rotatable bonds is 6. The van der Waals surface area contributed by atoms with Gasteiger partial charge < -0.3 is 0 Å². The van der Waals surface area contributed by atoms with E-state index in [0.29, 0.717) is 24.2 Å². The molecule has 0 saturated carbocycles. The highest BCUT2D eigenvalue weighted by Gasteiger charge is 2.19. The van der Waals surface area contributed by atoms with Crippen LogP contribution in [0.4, 0.5) is 0 Å². The Morgan fingerprint density at radius 3 is 1.43 bits per heavy atom. The second-order valence-corrected chi connectivity index (χ2v) is 6.68. The highest BCUT2D eigenvalue weighted by molar-refractivity contribution is 6.08. The van der Waals surface area contributed by atoms with Crippen LogP contribution in [-0.2, 0) is 12.8 Å². The normalized spacial score (nSPS) is 10.6. The zero-order valence-electron chi connectivity index (χ0n) is 15.5. The monoisotopic (exact) mass is 364 g/mol. The molecule has 0 aliphatic heterocycles. The molecular weight excluding hydrogens is 344 g/mol. The predicted octanol–water partition coefficient (Wildman–Crippen LogP) is 4.89. The number of aromatic nitrogens is 2. The lowest BCUT2D eigenvalue weighted by atomic mass is 9.96. The molecule has 4 aromatic rings. The summed E-state index contributed by atoms with van der Waals surface area (Å²) in [6, 6.07) is 27.9. The van der Waals surface area contributed by atoms with Crippen molar-refractivity contribution in [3.8, 4) is 0 Å². The van der Waals surface area contributed by atoms with E-state index in [4.69, 9.17) is 0 Å². The number of pyridine rings is 2. The van der Waals surface area contributed by atoms with E-state index >= 15 is 0 Å². The molecule has 3 nitrogen and oxygen atoms in total. The van der Waals surface area contributed by atoms with Gasteiger partial charge in [0, 0.05) is 12.4 Å². The van der Waals surface area contributed by atoms with E-state index in [9.17, 15) is 4.79 Å². The van der Waals surface area contributed by atoms with E-state index in [0.717, 1.165) is 22.3 Å². The van der Waals surface area contributed by atoms with E-state index in [1.54, 1.807) is 12.4 Å². The van der Waals surface area contributed by atoms with Crippen LogP contribution >= 0.6 is 0 Å². The van der Waals surface area contributed by atoms with Crippen LogP contribution in [0.25, 0.3) is 0 Å². The lowest BCUT2D eigenvalue weighted by molar-refractivity contribution is 0.102. The van der Waals surface area contributed by atoms with Gasteiger partial charge in [0.2, 0.25) is 5.78 Å². The average Bonchev–Trinajstić information content (AvgIpc) is 2.76. The van der Waals surface area contributed by atoms with Crippen molar-refractivity contribution in [2.24, 2.45) is 0 Å². The molecule has 4 rings (SSSR count). The fourth-order valence-electron chi connectivity index (χ4n) is 3.32. The zero-order valence-corrected chi connectivity index (χ0v) is 15.5. The van der Waals surface area contributed by atoms with Gasteiger partial charge in [0.15, 0.2) is 0 Å². The van der Waals surface area contributed by atoms with Gasteiger partial charge in [0.1, 0.15) is 11.4 Å².